The van der Waals surface area contributed by atoms with Gasteiger partial charge in [0, 0.05) is 43.8 Å². The van der Waals surface area contributed by atoms with Crippen molar-refractivity contribution in [3.05, 3.63) is 54.4 Å². The summed E-state index contributed by atoms with van der Waals surface area (Å²) in [6, 6.07) is 11.7. The summed E-state index contributed by atoms with van der Waals surface area (Å²) >= 11 is 0. The van der Waals surface area contributed by atoms with Gasteiger partial charge in [0.05, 0.1) is 0 Å². The lowest BCUT2D eigenvalue weighted by Crippen LogP contribution is -2.53. The fourth-order valence-corrected chi connectivity index (χ4v) is 4.46. The number of pyridine rings is 1. The Morgan fingerprint density at radius 1 is 1.17 bits per heavy atom. The molecule has 23 heavy (non-hydrogen) atoms. The second kappa shape index (κ2) is 6.29. The predicted molar refractivity (Wildman–Crippen MR) is 91.0 cm³/mol. The largest absolute Gasteiger partial charge is 0.366 e. The summed E-state index contributed by atoms with van der Waals surface area (Å²) in [5.41, 5.74) is 2.36. The van der Waals surface area contributed by atoms with Crippen LogP contribution >= 0.6 is 0 Å². The number of aryl methyl sites for hydroxylation is 1. The van der Waals surface area contributed by atoms with E-state index < -0.39 is 10.0 Å². The Morgan fingerprint density at radius 2 is 2.00 bits per heavy atom. The van der Waals surface area contributed by atoms with Crippen molar-refractivity contribution >= 4 is 15.7 Å². The van der Waals surface area contributed by atoms with E-state index in [-0.39, 0.29) is 10.9 Å². The minimum absolute atomic E-state index is 0.122. The predicted octanol–water partition coefficient (Wildman–Crippen LogP) is 2.29. The molecule has 122 valence electrons. The molecule has 2 heterocycles. The van der Waals surface area contributed by atoms with Crippen LogP contribution in [0.2, 0.25) is 0 Å². The maximum Gasteiger partial charge on any atom is 0.244 e. The third-order valence-electron chi connectivity index (χ3n) is 4.20. The van der Waals surface area contributed by atoms with E-state index in [1.54, 1.807) is 22.6 Å². The zero-order valence-corrected chi connectivity index (χ0v) is 14.2. The van der Waals surface area contributed by atoms with Gasteiger partial charge in [0.1, 0.15) is 4.90 Å². The maximum atomic E-state index is 12.7. The van der Waals surface area contributed by atoms with Crippen LogP contribution in [0.5, 0.6) is 0 Å². The first-order valence-corrected chi connectivity index (χ1v) is 9.16. The second-order valence-corrected chi connectivity index (χ2v) is 7.87. The molecule has 1 aromatic heterocycles. The number of hydrogen-bond acceptors (Lipinski definition) is 4. The molecule has 3 rings (SSSR count). The topological polar surface area (TPSA) is 53.5 Å². The van der Waals surface area contributed by atoms with E-state index in [0.29, 0.717) is 19.6 Å². The highest BCUT2D eigenvalue weighted by Gasteiger charge is 2.32. The molecule has 0 spiro atoms. The Hall–Kier alpha value is -1.92. The van der Waals surface area contributed by atoms with Gasteiger partial charge in [-0.15, -0.1) is 0 Å². The van der Waals surface area contributed by atoms with Crippen LogP contribution < -0.4 is 4.90 Å². The number of sulfonamides is 1. The van der Waals surface area contributed by atoms with Gasteiger partial charge in [-0.25, -0.2) is 8.42 Å². The van der Waals surface area contributed by atoms with Gasteiger partial charge < -0.3 is 4.90 Å². The van der Waals surface area contributed by atoms with E-state index in [0.717, 1.165) is 5.69 Å². The molecule has 0 amide bonds. The third-order valence-corrected chi connectivity index (χ3v) is 6.04. The standard InChI is InChI=1S/C17H21N3O2S/c1-14-5-3-6-16(11-14)20-10-9-19(13-15(20)2)23(21,22)17-7-4-8-18-12-17/h3-8,11-12,15H,9-10,13H2,1-2H3. The van der Waals surface area contributed by atoms with E-state index in [1.807, 2.05) is 6.07 Å². The Labute approximate surface area is 137 Å². The van der Waals surface area contributed by atoms with E-state index in [9.17, 15) is 8.42 Å². The number of hydrogen-bond donors (Lipinski definition) is 0. The fourth-order valence-electron chi connectivity index (χ4n) is 2.98. The lowest BCUT2D eigenvalue weighted by Gasteiger charge is -2.40. The van der Waals surface area contributed by atoms with E-state index >= 15 is 0 Å². The van der Waals surface area contributed by atoms with Crippen molar-refractivity contribution in [1.29, 1.82) is 0 Å². The van der Waals surface area contributed by atoms with Crippen LogP contribution in [0.1, 0.15) is 12.5 Å². The molecular formula is C17H21N3O2S. The van der Waals surface area contributed by atoms with Gasteiger partial charge in [0.15, 0.2) is 0 Å². The third kappa shape index (κ3) is 3.23. The van der Waals surface area contributed by atoms with Crippen molar-refractivity contribution in [2.45, 2.75) is 24.8 Å². The molecule has 0 aliphatic carbocycles. The normalized spacial score (nSPS) is 19.7. The van der Waals surface area contributed by atoms with Gasteiger partial charge in [-0.05, 0) is 43.7 Å². The molecule has 1 aliphatic heterocycles. The lowest BCUT2D eigenvalue weighted by atomic mass is 10.1. The molecule has 1 atom stereocenters. The summed E-state index contributed by atoms with van der Waals surface area (Å²) in [5, 5.41) is 0. The fraction of sp³-hybridized carbons (Fsp3) is 0.353. The maximum absolute atomic E-state index is 12.7. The smallest absolute Gasteiger partial charge is 0.244 e. The summed E-state index contributed by atoms with van der Waals surface area (Å²) in [6.07, 6.45) is 2.99. The van der Waals surface area contributed by atoms with Crippen LogP contribution in [-0.2, 0) is 10.0 Å². The Bertz CT molecular complexity index is 777. The molecule has 1 aliphatic rings. The van der Waals surface area contributed by atoms with Crippen molar-refractivity contribution in [2.24, 2.45) is 0 Å². The zero-order valence-electron chi connectivity index (χ0n) is 13.4. The highest BCUT2D eigenvalue weighted by Crippen LogP contribution is 2.24. The molecule has 0 N–H and O–H groups in total. The summed E-state index contributed by atoms with van der Waals surface area (Å²) in [7, 11) is -3.46. The summed E-state index contributed by atoms with van der Waals surface area (Å²) in [5.74, 6) is 0. The number of piperazine rings is 1. The van der Waals surface area contributed by atoms with Crippen LogP contribution in [0.4, 0.5) is 5.69 Å². The average Bonchev–Trinajstić information content (AvgIpc) is 2.55. The zero-order chi connectivity index (χ0) is 16.4. The molecule has 5 nitrogen and oxygen atoms in total. The minimum Gasteiger partial charge on any atom is -0.366 e. The SMILES string of the molecule is Cc1cccc(N2CCN(S(=O)(=O)c3cccnc3)CC2C)c1. The number of rotatable bonds is 3. The molecule has 0 radical (unpaired) electrons. The minimum atomic E-state index is -3.46. The molecule has 0 bridgehead atoms. The first-order valence-electron chi connectivity index (χ1n) is 7.72. The van der Waals surface area contributed by atoms with Crippen molar-refractivity contribution < 1.29 is 8.42 Å². The highest BCUT2D eigenvalue weighted by molar-refractivity contribution is 7.89. The van der Waals surface area contributed by atoms with E-state index in [1.165, 1.54) is 11.8 Å². The van der Waals surface area contributed by atoms with E-state index in [2.05, 4.69) is 41.9 Å². The van der Waals surface area contributed by atoms with Crippen molar-refractivity contribution in [3.63, 3.8) is 0 Å². The first kappa shape index (κ1) is 16.0. The molecule has 1 unspecified atom stereocenters. The van der Waals surface area contributed by atoms with Crippen molar-refractivity contribution in [1.82, 2.24) is 9.29 Å². The molecule has 1 saturated heterocycles. The molecule has 0 saturated carbocycles. The monoisotopic (exact) mass is 331 g/mol. The Kier molecular flexibility index (Phi) is 4.37. The molecule has 1 fully saturated rings. The summed E-state index contributed by atoms with van der Waals surface area (Å²) in [4.78, 5) is 6.45. The molecule has 2 aromatic rings. The quantitative estimate of drug-likeness (QED) is 0.866. The van der Waals surface area contributed by atoms with Gasteiger partial charge in [-0.1, -0.05) is 12.1 Å². The van der Waals surface area contributed by atoms with Crippen molar-refractivity contribution in [3.8, 4) is 0 Å². The highest BCUT2D eigenvalue weighted by atomic mass is 32.2. The second-order valence-electron chi connectivity index (χ2n) is 5.93. The van der Waals surface area contributed by atoms with Gasteiger partial charge in [0.25, 0.3) is 0 Å². The average molecular weight is 331 g/mol. The van der Waals surface area contributed by atoms with Gasteiger partial charge in [-0.3, -0.25) is 4.98 Å². The summed E-state index contributed by atoms with van der Waals surface area (Å²) in [6.45, 7) is 5.77. The molecule has 1 aromatic carbocycles. The molecule has 6 heteroatoms. The van der Waals surface area contributed by atoms with Gasteiger partial charge >= 0.3 is 0 Å². The van der Waals surface area contributed by atoms with Crippen LogP contribution in [0.3, 0.4) is 0 Å². The lowest BCUT2D eigenvalue weighted by molar-refractivity contribution is 0.342. The number of nitrogens with zero attached hydrogens (tertiary/aromatic N) is 3. The molecular weight excluding hydrogens is 310 g/mol. The van der Waals surface area contributed by atoms with Crippen LogP contribution in [-0.4, -0.2) is 43.4 Å². The number of benzene rings is 1. The van der Waals surface area contributed by atoms with Gasteiger partial charge in [0.2, 0.25) is 10.0 Å². The summed E-state index contributed by atoms with van der Waals surface area (Å²) < 4.78 is 27.0. The van der Waals surface area contributed by atoms with Crippen LogP contribution in [0, 0.1) is 6.92 Å². The van der Waals surface area contributed by atoms with Crippen molar-refractivity contribution in [2.75, 3.05) is 24.5 Å². The van der Waals surface area contributed by atoms with Crippen LogP contribution in [0.25, 0.3) is 0 Å². The number of aromatic nitrogens is 1. The van der Waals surface area contributed by atoms with Crippen LogP contribution in [0.15, 0.2) is 53.7 Å². The van der Waals surface area contributed by atoms with Gasteiger partial charge in [-0.2, -0.15) is 4.31 Å². The van der Waals surface area contributed by atoms with E-state index in [4.69, 9.17) is 0 Å². The Balaban J connectivity index is 1.79. The first-order chi connectivity index (χ1) is 11.0. The number of anilines is 1. The Morgan fingerprint density at radius 3 is 2.65 bits per heavy atom.